The van der Waals surface area contributed by atoms with E-state index in [0.29, 0.717) is 0 Å². The van der Waals surface area contributed by atoms with E-state index in [1.54, 1.807) is 6.08 Å². The fourth-order valence-corrected chi connectivity index (χ4v) is 2.24. The third-order valence-electron chi connectivity index (χ3n) is 3.29. The van der Waals surface area contributed by atoms with Gasteiger partial charge in [-0.05, 0) is 44.2 Å². The molecule has 1 aromatic carbocycles. The zero-order chi connectivity index (χ0) is 13.7. The first kappa shape index (κ1) is 13.5. The molecule has 0 spiro atoms. The van der Waals surface area contributed by atoms with Crippen LogP contribution in [0.3, 0.4) is 0 Å². The zero-order valence-electron chi connectivity index (χ0n) is 11.1. The predicted molar refractivity (Wildman–Crippen MR) is 73.4 cm³/mol. The average molecular weight is 258 g/mol. The van der Waals surface area contributed by atoms with E-state index in [4.69, 9.17) is 4.74 Å². The molecule has 0 unspecified atom stereocenters. The number of ketones is 1. The van der Waals surface area contributed by atoms with Gasteiger partial charge in [-0.15, -0.1) is 0 Å². The molecule has 1 saturated carbocycles. The van der Waals surface area contributed by atoms with E-state index < -0.39 is 5.97 Å². The molecule has 0 N–H and O–H groups in total. The highest BCUT2D eigenvalue weighted by atomic mass is 16.5. The second-order valence-electron chi connectivity index (χ2n) is 4.84. The van der Waals surface area contributed by atoms with Crippen LogP contribution in [0.15, 0.2) is 35.9 Å². The van der Waals surface area contributed by atoms with E-state index >= 15 is 0 Å². The molecule has 0 aromatic heterocycles. The van der Waals surface area contributed by atoms with Crippen molar-refractivity contribution < 1.29 is 14.3 Å². The molecule has 0 saturated heterocycles. The van der Waals surface area contributed by atoms with Gasteiger partial charge in [0.05, 0.1) is 0 Å². The summed E-state index contributed by atoms with van der Waals surface area (Å²) in [5, 5.41) is 0. The van der Waals surface area contributed by atoms with Gasteiger partial charge in [-0.3, -0.25) is 4.79 Å². The third-order valence-corrected chi connectivity index (χ3v) is 3.29. The largest absolute Gasteiger partial charge is 0.459 e. The molecule has 0 bridgehead atoms. The van der Waals surface area contributed by atoms with Crippen LogP contribution in [0.25, 0.3) is 6.08 Å². The minimum atomic E-state index is -0.497. The van der Waals surface area contributed by atoms with Gasteiger partial charge in [0, 0.05) is 0 Å². The first-order chi connectivity index (χ1) is 9.16. The van der Waals surface area contributed by atoms with Crippen molar-refractivity contribution in [2.45, 2.75) is 38.7 Å². The summed E-state index contributed by atoms with van der Waals surface area (Å²) in [6, 6.07) is 9.33. The summed E-state index contributed by atoms with van der Waals surface area (Å²) in [4.78, 5) is 23.6. The van der Waals surface area contributed by atoms with Gasteiger partial charge in [-0.2, -0.15) is 0 Å². The van der Waals surface area contributed by atoms with Gasteiger partial charge >= 0.3 is 5.97 Å². The van der Waals surface area contributed by atoms with Crippen molar-refractivity contribution >= 4 is 17.8 Å². The first-order valence-electron chi connectivity index (χ1n) is 6.65. The van der Waals surface area contributed by atoms with Crippen LogP contribution in [0.4, 0.5) is 0 Å². The smallest absolute Gasteiger partial charge is 0.342 e. The quantitative estimate of drug-likeness (QED) is 0.360. The standard InChI is InChI=1S/C16H18O3/c1-12(17)15(11-13-7-3-2-4-8-13)16(18)19-14-9-5-6-10-14/h2-4,7-8,11,14H,5-6,9-10H2,1H3. The Labute approximate surface area is 113 Å². The minimum absolute atomic E-state index is 0.0222. The topological polar surface area (TPSA) is 43.4 Å². The molecule has 2 rings (SSSR count). The molecule has 100 valence electrons. The lowest BCUT2D eigenvalue weighted by Gasteiger charge is -2.12. The summed E-state index contributed by atoms with van der Waals surface area (Å²) in [7, 11) is 0. The third kappa shape index (κ3) is 3.78. The lowest BCUT2D eigenvalue weighted by molar-refractivity contribution is -0.144. The second kappa shape index (κ2) is 6.32. The van der Waals surface area contributed by atoms with Crippen LogP contribution >= 0.6 is 0 Å². The number of benzene rings is 1. The normalized spacial score (nSPS) is 16.4. The van der Waals surface area contributed by atoms with Crippen LogP contribution < -0.4 is 0 Å². The number of carbonyl (C=O) groups is 2. The van der Waals surface area contributed by atoms with Crippen LogP contribution in [0.2, 0.25) is 0 Å². The number of rotatable bonds is 4. The predicted octanol–water partition coefficient (Wildman–Crippen LogP) is 3.14. The Hall–Kier alpha value is -1.90. The number of esters is 1. The van der Waals surface area contributed by atoms with Crippen LogP contribution in [-0.4, -0.2) is 17.9 Å². The number of hydrogen-bond donors (Lipinski definition) is 0. The Bertz CT molecular complexity index is 482. The Balaban J connectivity index is 2.13. The van der Waals surface area contributed by atoms with Crippen LogP contribution in [-0.2, 0) is 14.3 Å². The van der Waals surface area contributed by atoms with Crippen LogP contribution in [0.1, 0.15) is 38.2 Å². The monoisotopic (exact) mass is 258 g/mol. The summed E-state index contributed by atoms with van der Waals surface area (Å²) in [5.74, 6) is -0.755. The Morgan fingerprint density at radius 2 is 1.79 bits per heavy atom. The molecule has 0 amide bonds. The van der Waals surface area contributed by atoms with Gasteiger partial charge in [-0.25, -0.2) is 4.79 Å². The summed E-state index contributed by atoms with van der Waals surface area (Å²) in [6.45, 7) is 1.39. The van der Waals surface area contributed by atoms with E-state index in [1.165, 1.54) is 6.92 Å². The second-order valence-corrected chi connectivity index (χ2v) is 4.84. The van der Waals surface area contributed by atoms with Crippen molar-refractivity contribution in [1.82, 2.24) is 0 Å². The van der Waals surface area contributed by atoms with Crippen molar-refractivity contribution in [2.75, 3.05) is 0 Å². The molecule has 0 aliphatic heterocycles. The maximum Gasteiger partial charge on any atom is 0.342 e. The molecule has 1 aliphatic carbocycles. The van der Waals surface area contributed by atoms with Crippen molar-refractivity contribution in [1.29, 1.82) is 0 Å². The van der Waals surface area contributed by atoms with E-state index in [2.05, 4.69) is 0 Å². The Morgan fingerprint density at radius 1 is 1.16 bits per heavy atom. The van der Waals surface area contributed by atoms with Gasteiger partial charge in [0.2, 0.25) is 0 Å². The molecular formula is C16H18O3. The molecule has 19 heavy (non-hydrogen) atoms. The van der Waals surface area contributed by atoms with E-state index in [9.17, 15) is 9.59 Å². The average Bonchev–Trinajstić information content (AvgIpc) is 2.89. The molecular weight excluding hydrogens is 240 g/mol. The Morgan fingerprint density at radius 3 is 2.37 bits per heavy atom. The number of Topliss-reactive ketones (excluding diaryl/α,β-unsaturated/α-hetero) is 1. The van der Waals surface area contributed by atoms with Crippen molar-refractivity contribution in [3.8, 4) is 0 Å². The van der Waals surface area contributed by atoms with E-state index in [1.807, 2.05) is 30.3 Å². The fraction of sp³-hybridized carbons (Fsp3) is 0.375. The van der Waals surface area contributed by atoms with Gasteiger partial charge in [0.15, 0.2) is 5.78 Å². The van der Waals surface area contributed by atoms with Crippen LogP contribution in [0, 0.1) is 0 Å². The molecule has 0 radical (unpaired) electrons. The molecule has 1 fully saturated rings. The molecule has 3 heteroatoms. The maximum absolute atomic E-state index is 12.0. The van der Waals surface area contributed by atoms with Gasteiger partial charge < -0.3 is 4.74 Å². The summed E-state index contributed by atoms with van der Waals surface area (Å²) >= 11 is 0. The highest BCUT2D eigenvalue weighted by Gasteiger charge is 2.23. The van der Waals surface area contributed by atoms with Crippen molar-refractivity contribution in [3.05, 3.63) is 41.5 Å². The fourth-order valence-electron chi connectivity index (χ4n) is 2.24. The summed E-state index contributed by atoms with van der Waals surface area (Å²) < 4.78 is 5.38. The SMILES string of the molecule is CC(=O)C(=Cc1ccccc1)C(=O)OC1CCCC1. The lowest BCUT2D eigenvalue weighted by Crippen LogP contribution is -2.19. The van der Waals surface area contributed by atoms with E-state index in [0.717, 1.165) is 31.2 Å². The maximum atomic E-state index is 12.0. The number of carbonyl (C=O) groups excluding carboxylic acids is 2. The zero-order valence-corrected chi connectivity index (χ0v) is 11.1. The molecule has 3 nitrogen and oxygen atoms in total. The number of ether oxygens (including phenoxy) is 1. The van der Waals surface area contributed by atoms with Crippen molar-refractivity contribution in [2.24, 2.45) is 0 Å². The van der Waals surface area contributed by atoms with Gasteiger partial charge in [0.25, 0.3) is 0 Å². The Kier molecular flexibility index (Phi) is 4.50. The minimum Gasteiger partial charge on any atom is -0.459 e. The van der Waals surface area contributed by atoms with E-state index in [-0.39, 0.29) is 17.5 Å². The lowest BCUT2D eigenvalue weighted by atomic mass is 10.1. The highest BCUT2D eigenvalue weighted by Crippen LogP contribution is 2.22. The summed E-state index contributed by atoms with van der Waals surface area (Å²) in [5.41, 5.74) is 0.953. The van der Waals surface area contributed by atoms with Crippen molar-refractivity contribution in [3.63, 3.8) is 0 Å². The van der Waals surface area contributed by atoms with Gasteiger partial charge in [0.1, 0.15) is 11.7 Å². The molecule has 0 heterocycles. The number of hydrogen-bond acceptors (Lipinski definition) is 3. The van der Waals surface area contributed by atoms with Crippen LogP contribution in [0.5, 0.6) is 0 Å². The molecule has 1 aromatic rings. The highest BCUT2D eigenvalue weighted by molar-refractivity contribution is 6.19. The molecule has 1 aliphatic rings. The molecule has 0 atom stereocenters. The first-order valence-corrected chi connectivity index (χ1v) is 6.65. The summed E-state index contributed by atoms with van der Waals surface area (Å²) in [6.07, 6.45) is 5.57. The van der Waals surface area contributed by atoms with Gasteiger partial charge in [-0.1, -0.05) is 30.3 Å².